The van der Waals surface area contributed by atoms with E-state index in [9.17, 15) is 8.78 Å². The van der Waals surface area contributed by atoms with Gasteiger partial charge in [-0.3, -0.25) is 4.98 Å². The van der Waals surface area contributed by atoms with Gasteiger partial charge >= 0.3 is 0 Å². The number of hydrogen-bond donors (Lipinski definition) is 1. The van der Waals surface area contributed by atoms with E-state index in [1.54, 1.807) is 6.20 Å². The Hall–Kier alpha value is -2.01. The molecule has 0 fully saturated rings. The summed E-state index contributed by atoms with van der Waals surface area (Å²) in [6.45, 7) is 5.04. The predicted octanol–water partition coefficient (Wildman–Crippen LogP) is 3.44. The molecule has 1 aromatic heterocycles. The summed E-state index contributed by atoms with van der Waals surface area (Å²) < 4.78 is 31.5. The van der Waals surface area contributed by atoms with Crippen molar-refractivity contribution in [2.45, 2.75) is 33.0 Å². The Morgan fingerprint density at radius 2 is 2.00 bits per heavy atom. The number of ether oxygens (including phenoxy) is 1. The summed E-state index contributed by atoms with van der Waals surface area (Å²) in [6, 6.07) is 7.41. The largest absolute Gasteiger partial charge is 0.484 e. The molecule has 1 aromatic carbocycles. The van der Waals surface area contributed by atoms with Crippen molar-refractivity contribution in [3.63, 3.8) is 0 Å². The predicted molar refractivity (Wildman–Crippen MR) is 76.9 cm³/mol. The van der Waals surface area contributed by atoms with E-state index in [-0.39, 0.29) is 12.4 Å². The quantitative estimate of drug-likeness (QED) is 0.885. The molecular formula is C16H18F2N2O. The van der Waals surface area contributed by atoms with E-state index in [1.165, 1.54) is 6.07 Å². The summed E-state index contributed by atoms with van der Waals surface area (Å²) in [5.74, 6) is -1.32. The van der Waals surface area contributed by atoms with E-state index in [0.717, 1.165) is 24.2 Å². The molecule has 0 bridgehead atoms. The van der Waals surface area contributed by atoms with E-state index in [1.807, 2.05) is 12.1 Å². The Morgan fingerprint density at radius 3 is 2.62 bits per heavy atom. The topological polar surface area (TPSA) is 34.1 Å². The smallest absolute Gasteiger partial charge is 0.167 e. The van der Waals surface area contributed by atoms with E-state index in [0.29, 0.717) is 11.7 Å². The van der Waals surface area contributed by atoms with Crippen molar-refractivity contribution in [2.24, 2.45) is 0 Å². The highest BCUT2D eigenvalue weighted by Crippen LogP contribution is 2.18. The van der Waals surface area contributed by atoms with Gasteiger partial charge in [-0.15, -0.1) is 0 Å². The monoisotopic (exact) mass is 292 g/mol. The first-order valence-corrected chi connectivity index (χ1v) is 6.79. The molecule has 0 aliphatic carbocycles. The third-order valence-electron chi connectivity index (χ3n) is 2.87. The number of rotatable bonds is 6. The second kappa shape index (κ2) is 7.13. The van der Waals surface area contributed by atoms with E-state index in [2.05, 4.69) is 24.1 Å². The van der Waals surface area contributed by atoms with Crippen molar-refractivity contribution >= 4 is 0 Å². The summed E-state index contributed by atoms with van der Waals surface area (Å²) in [4.78, 5) is 4.26. The lowest BCUT2D eigenvalue weighted by atomic mass is 10.2. The highest BCUT2D eigenvalue weighted by Gasteiger charge is 2.05. The number of nitrogens with one attached hydrogen (secondary N) is 1. The number of nitrogens with zero attached hydrogens (tertiary/aromatic N) is 1. The van der Waals surface area contributed by atoms with Crippen LogP contribution >= 0.6 is 0 Å². The highest BCUT2D eigenvalue weighted by atomic mass is 19.1. The van der Waals surface area contributed by atoms with Crippen LogP contribution in [0.3, 0.4) is 0 Å². The van der Waals surface area contributed by atoms with Crippen LogP contribution in [0, 0.1) is 11.6 Å². The molecule has 21 heavy (non-hydrogen) atoms. The Labute approximate surface area is 123 Å². The van der Waals surface area contributed by atoms with Gasteiger partial charge in [-0.05, 0) is 23.8 Å². The zero-order chi connectivity index (χ0) is 15.2. The zero-order valence-electron chi connectivity index (χ0n) is 12.1. The first kappa shape index (κ1) is 15.4. The molecule has 2 aromatic rings. The first-order chi connectivity index (χ1) is 10.0. The van der Waals surface area contributed by atoms with Crippen molar-refractivity contribution < 1.29 is 13.5 Å². The molecule has 0 amide bonds. The minimum absolute atomic E-state index is 0.0174. The fourth-order valence-corrected chi connectivity index (χ4v) is 1.71. The third-order valence-corrected chi connectivity index (χ3v) is 2.87. The van der Waals surface area contributed by atoms with Crippen LogP contribution in [0.15, 0.2) is 36.5 Å². The Bertz CT molecular complexity index is 585. The second-order valence-corrected chi connectivity index (χ2v) is 5.06. The van der Waals surface area contributed by atoms with E-state index in [4.69, 9.17) is 4.74 Å². The van der Waals surface area contributed by atoms with Crippen LogP contribution in [0.2, 0.25) is 0 Å². The van der Waals surface area contributed by atoms with Crippen LogP contribution in [0.4, 0.5) is 8.78 Å². The molecule has 0 atom stereocenters. The average Bonchev–Trinajstić information content (AvgIpc) is 2.45. The fraction of sp³-hybridized carbons (Fsp3) is 0.312. The van der Waals surface area contributed by atoms with Gasteiger partial charge in [-0.25, -0.2) is 8.78 Å². The van der Waals surface area contributed by atoms with Gasteiger partial charge in [0.2, 0.25) is 0 Å². The van der Waals surface area contributed by atoms with Crippen LogP contribution in [0.1, 0.15) is 25.1 Å². The summed E-state index contributed by atoms with van der Waals surface area (Å²) in [6.07, 6.45) is 1.76. The molecule has 0 aliphatic heterocycles. The average molecular weight is 292 g/mol. The maximum Gasteiger partial charge on any atom is 0.167 e. The lowest BCUT2D eigenvalue weighted by molar-refractivity contribution is 0.285. The van der Waals surface area contributed by atoms with Gasteiger partial charge in [0.1, 0.15) is 12.4 Å². The summed E-state index contributed by atoms with van der Waals surface area (Å²) in [5.41, 5.74) is 1.76. The number of benzene rings is 1. The second-order valence-electron chi connectivity index (χ2n) is 5.06. The molecule has 1 heterocycles. The standard InChI is InChI=1S/C16H18F2N2O/c1-11(2)19-8-12-3-5-14(20-9-12)10-21-16-6-4-13(17)7-15(16)18/h3-7,9,11,19H,8,10H2,1-2H3. The molecule has 5 heteroatoms. The van der Waals surface area contributed by atoms with Gasteiger partial charge in [0.05, 0.1) is 5.69 Å². The maximum absolute atomic E-state index is 13.4. The van der Waals surface area contributed by atoms with Gasteiger partial charge < -0.3 is 10.1 Å². The van der Waals surface area contributed by atoms with Crippen LogP contribution in [0.25, 0.3) is 0 Å². The molecular weight excluding hydrogens is 274 g/mol. The molecule has 0 unspecified atom stereocenters. The Balaban J connectivity index is 1.91. The molecule has 0 radical (unpaired) electrons. The highest BCUT2D eigenvalue weighted by molar-refractivity contribution is 5.25. The van der Waals surface area contributed by atoms with Crippen LogP contribution in [0.5, 0.6) is 5.75 Å². The minimum atomic E-state index is -0.715. The van der Waals surface area contributed by atoms with Crippen molar-refractivity contribution in [1.82, 2.24) is 10.3 Å². The fourth-order valence-electron chi connectivity index (χ4n) is 1.71. The summed E-state index contributed by atoms with van der Waals surface area (Å²) >= 11 is 0. The van der Waals surface area contributed by atoms with Gasteiger partial charge in [0.25, 0.3) is 0 Å². The molecule has 112 valence electrons. The zero-order valence-corrected chi connectivity index (χ0v) is 12.1. The molecule has 2 rings (SSSR count). The minimum Gasteiger partial charge on any atom is -0.484 e. The number of halogens is 2. The summed E-state index contributed by atoms with van der Waals surface area (Å²) in [5, 5.41) is 3.30. The van der Waals surface area contributed by atoms with Crippen molar-refractivity contribution in [3.05, 3.63) is 59.4 Å². The Kier molecular flexibility index (Phi) is 5.22. The molecule has 0 spiro atoms. The van der Waals surface area contributed by atoms with E-state index < -0.39 is 11.6 Å². The van der Waals surface area contributed by atoms with Crippen molar-refractivity contribution in [1.29, 1.82) is 0 Å². The third kappa shape index (κ3) is 4.79. The van der Waals surface area contributed by atoms with Crippen molar-refractivity contribution in [2.75, 3.05) is 0 Å². The number of pyridine rings is 1. The lowest BCUT2D eigenvalue weighted by Gasteiger charge is -2.09. The van der Waals surface area contributed by atoms with Crippen LogP contribution < -0.4 is 10.1 Å². The number of aromatic nitrogens is 1. The lowest BCUT2D eigenvalue weighted by Crippen LogP contribution is -2.21. The SMILES string of the molecule is CC(C)NCc1ccc(COc2ccc(F)cc2F)nc1. The van der Waals surface area contributed by atoms with Crippen LogP contribution in [-0.4, -0.2) is 11.0 Å². The maximum atomic E-state index is 13.4. The van der Waals surface area contributed by atoms with Gasteiger partial charge in [-0.2, -0.15) is 0 Å². The van der Waals surface area contributed by atoms with Crippen LogP contribution in [-0.2, 0) is 13.2 Å². The number of hydrogen-bond acceptors (Lipinski definition) is 3. The summed E-state index contributed by atoms with van der Waals surface area (Å²) in [7, 11) is 0. The van der Waals surface area contributed by atoms with Gasteiger partial charge in [0, 0.05) is 24.8 Å². The van der Waals surface area contributed by atoms with Gasteiger partial charge in [-0.1, -0.05) is 19.9 Å². The van der Waals surface area contributed by atoms with Gasteiger partial charge in [0.15, 0.2) is 11.6 Å². The normalized spacial score (nSPS) is 10.9. The van der Waals surface area contributed by atoms with Crippen molar-refractivity contribution in [3.8, 4) is 5.75 Å². The Morgan fingerprint density at radius 1 is 1.19 bits per heavy atom. The molecule has 1 N–H and O–H groups in total. The van der Waals surface area contributed by atoms with E-state index >= 15 is 0 Å². The molecule has 0 aliphatic rings. The molecule has 0 saturated carbocycles. The molecule has 0 saturated heterocycles. The first-order valence-electron chi connectivity index (χ1n) is 6.79. The molecule has 3 nitrogen and oxygen atoms in total.